The van der Waals surface area contributed by atoms with Gasteiger partial charge in [0.25, 0.3) is 0 Å². The Balaban J connectivity index is 2.13. The Morgan fingerprint density at radius 3 is 3.06 bits per heavy atom. The van der Waals surface area contributed by atoms with Crippen molar-refractivity contribution in [3.63, 3.8) is 0 Å². The number of piperazine rings is 1. The van der Waals surface area contributed by atoms with Crippen molar-refractivity contribution in [1.82, 2.24) is 10.2 Å². The lowest BCUT2D eigenvalue weighted by Crippen LogP contribution is -2.50. The van der Waals surface area contributed by atoms with E-state index in [1.165, 1.54) is 5.56 Å². The molecular formula is C13H19BrN2O. The van der Waals surface area contributed by atoms with E-state index in [9.17, 15) is 0 Å². The molecule has 0 spiro atoms. The molecule has 1 fully saturated rings. The Bertz CT molecular complexity index is 384. The molecule has 94 valence electrons. The molecule has 2 rings (SSSR count). The van der Waals surface area contributed by atoms with Crippen LogP contribution < -0.4 is 10.1 Å². The van der Waals surface area contributed by atoms with Gasteiger partial charge in [-0.05, 0) is 37.2 Å². The maximum absolute atomic E-state index is 5.42. The van der Waals surface area contributed by atoms with Gasteiger partial charge in [0.15, 0.2) is 0 Å². The monoisotopic (exact) mass is 298 g/mol. The van der Waals surface area contributed by atoms with Gasteiger partial charge in [-0.15, -0.1) is 0 Å². The summed E-state index contributed by atoms with van der Waals surface area (Å²) in [5.74, 6) is 0.979. The zero-order valence-corrected chi connectivity index (χ0v) is 12.0. The smallest absolute Gasteiger partial charge is 0.122 e. The molecule has 1 aromatic rings. The van der Waals surface area contributed by atoms with E-state index in [0.29, 0.717) is 6.04 Å². The highest BCUT2D eigenvalue weighted by Gasteiger charge is 2.20. The van der Waals surface area contributed by atoms with Crippen LogP contribution in [0, 0.1) is 0 Å². The number of methoxy groups -OCH3 is 1. The van der Waals surface area contributed by atoms with Gasteiger partial charge in [-0.1, -0.05) is 15.9 Å². The highest BCUT2D eigenvalue weighted by atomic mass is 79.9. The fourth-order valence-corrected chi connectivity index (χ4v) is 2.66. The van der Waals surface area contributed by atoms with Gasteiger partial charge in [-0.3, -0.25) is 0 Å². The second kappa shape index (κ2) is 5.85. The van der Waals surface area contributed by atoms with Gasteiger partial charge in [0.2, 0.25) is 0 Å². The van der Waals surface area contributed by atoms with E-state index >= 15 is 0 Å². The average Bonchev–Trinajstić information content (AvgIpc) is 2.32. The minimum Gasteiger partial charge on any atom is -0.496 e. The zero-order valence-electron chi connectivity index (χ0n) is 10.4. The van der Waals surface area contributed by atoms with Gasteiger partial charge < -0.3 is 15.0 Å². The first-order chi connectivity index (χ1) is 8.20. The maximum atomic E-state index is 5.42. The summed E-state index contributed by atoms with van der Waals surface area (Å²) in [5.41, 5.74) is 1.27. The summed E-state index contributed by atoms with van der Waals surface area (Å²) in [5, 5.41) is 3.44. The van der Waals surface area contributed by atoms with Crippen molar-refractivity contribution in [2.75, 3.05) is 33.8 Å². The summed E-state index contributed by atoms with van der Waals surface area (Å²) in [4.78, 5) is 2.41. The molecule has 0 radical (unpaired) electrons. The van der Waals surface area contributed by atoms with E-state index in [-0.39, 0.29) is 0 Å². The quantitative estimate of drug-likeness (QED) is 0.922. The van der Waals surface area contributed by atoms with Crippen molar-refractivity contribution in [3.05, 3.63) is 28.2 Å². The standard InChI is InChI=1S/C13H19BrN2O/c1-16-6-5-15-9-12(16)8-10-7-11(14)3-4-13(10)17-2/h3-4,7,12,15H,5-6,8-9H2,1-2H3. The number of likely N-dealkylation sites (N-methyl/N-ethyl adjacent to an activating group) is 1. The molecule has 0 aliphatic carbocycles. The molecule has 1 atom stereocenters. The SMILES string of the molecule is COc1ccc(Br)cc1CC1CNCCN1C. The first kappa shape index (κ1) is 12.9. The molecule has 1 N–H and O–H groups in total. The van der Waals surface area contributed by atoms with Crippen LogP contribution in [0.25, 0.3) is 0 Å². The van der Waals surface area contributed by atoms with Crippen LogP contribution in [0.15, 0.2) is 22.7 Å². The van der Waals surface area contributed by atoms with Crippen molar-refractivity contribution in [2.24, 2.45) is 0 Å². The van der Waals surface area contributed by atoms with Crippen molar-refractivity contribution in [1.29, 1.82) is 0 Å². The minimum absolute atomic E-state index is 0.548. The predicted octanol–water partition coefficient (Wildman–Crippen LogP) is 1.90. The molecule has 1 unspecified atom stereocenters. The van der Waals surface area contributed by atoms with Gasteiger partial charge >= 0.3 is 0 Å². The van der Waals surface area contributed by atoms with E-state index in [1.807, 2.05) is 12.1 Å². The van der Waals surface area contributed by atoms with Gasteiger partial charge in [-0.25, -0.2) is 0 Å². The van der Waals surface area contributed by atoms with Crippen LogP contribution in [0.5, 0.6) is 5.75 Å². The van der Waals surface area contributed by atoms with E-state index in [1.54, 1.807) is 7.11 Å². The summed E-state index contributed by atoms with van der Waals surface area (Å²) in [6, 6.07) is 6.74. The van der Waals surface area contributed by atoms with Gasteiger partial charge in [-0.2, -0.15) is 0 Å². The van der Waals surface area contributed by atoms with Crippen molar-refractivity contribution >= 4 is 15.9 Å². The Kier molecular flexibility index (Phi) is 4.42. The fourth-order valence-electron chi connectivity index (χ4n) is 2.25. The molecule has 3 nitrogen and oxygen atoms in total. The Labute approximate surface area is 111 Å². The van der Waals surface area contributed by atoms with Crippen molar-refractivity contribution in [2.45, 2.75) is 12.5 Å². The van der Waals surface area contributed by atoms with Crippen LogP contribution in [0.4, 0.5) is 0 Å². The first-order valence-electron chi connectivity index (χ1n) is 5.94. The Morgan fingerprint density at radius 1 is 1.53 bits per heavy atom. The number of benzene rings is 1. The molecule has 17 heavy (non-hydrogen) atoms. The normalized spacial score (nSPS) is 21.5. The first-order valence-corrected chi connectivity index (χ1v) is 6.73. The summed E-state index contributed by atoms with van der Waals surface area (Å²) in [6.07, 6.45) is 1.02. The lowest BCUT2D eigenvalue weighted by Gasteiger charge is -2.33. The molecular weight excluding hydrogens is 280 g/mol. The summed E-state index contributed by atoms with van der Waals surface area (Å²) in [7, 11) is 3.92. The second-order valence-corrected chi connectivity index (χ2v) is 5.41. The molecule has 1 aliphatic rings. The fraction of sp³-hybridized carbons (Fsp3) is 0.538. The average molecular weight is 299 g/mol. The predicted molar refractivity (Wildman–Crippen MR) is 73.7 cm³/mol. The molecule has 1 aliphatic heterocycles. The summed E-state index contributed by atoms with van der Waals surface area (Å²) < 4.78 is 6.53. The van der Waals surface area contributed by atoms with Crippen LogP contribution in [0.3, 0.4) is 0 Å². The van der Waals surface area contributed by atoms with E-state index in [4.69, 9.17) is 4.74 Å². The minimum atomic E-state index is 0.548. The molecule has 1 saturated heterocycles. The molecule has 0 amide bonds. The van der Waals surface area contributed by atoms with Gasteiger partial charge in [0, 0.05) is 30.1 Å². The topological polar surface area (TPSA) is 24.5 Å². The van der Waals surface area contributed by atoms with Gasteiger partial charge in [0.1, 0.15) is 5.75 Å². The number of hydrogen-bond donors (Lipinski definition) is 1. The summed E-state index contributed by atoms with van der Waals surface area (Å²) >= 11 is 3.52. The Morgan fingerprint density at radius 2 is 2.35 bits per heavy atom. The van der Waals surface area contributed by atoms with Gasteiger partial charge in [0.05, 0.1) is 7.11 Å². The molecule has 0 bridgehead atoms. The van der Waals surface area contributed by atoms with Crippen LogP contribution in [-0.4, -0.2) is 44.7 Å². The van der Waals surface area contributed by atoms with E-state index < -0.39 is 0 Å². The number of nitrogens with zero attached hydrogens (tertiary/aromatic N) is 1. The van der Waals surface area contributed by atoms with E-state index in [0.717, 1.165) is 36.3 Å². The third-order valence-corrected chi connectivity index (χ3v) is 3.84. The zero-order chi connectivity index (χ0) is 12.3. The number of rotatable bonds is 3. The van der Waals surface area contributed by atoms with Crippen molar-refractivity contribution in [3.8, 4) is 5.75 Å². The number of nitrogens with one attached hydrogen (secondary N) is 1. The molecule has 0 aromatic heterocycles. The molecule has 1 heterocycles. The van der Waals surface area contributed by atoms with Crippen molar-refractivity contribution < 1.29 is 4.74 Å². The highest BCUT2D eigenvalue weighted by Crippen LogP contribution is 2.25. The highest BCUT2D eigenvalue weighted by molar-refractivity contribution is 9.10. The van der Waals surface area contributed by atoms with Crippen LogP contribution in [0.1, 0.15) is 5.56 Å². The van der Waals surface area contributed by atoms with Crippen LogP contribution >= 0.6 is 15.9 Å². The lowest BCUT2D eigenvalue weighted by atomic mass is 10.0. The second-order valence-electron chi connectivity index (χ2n) is 4.50. The van der Waals surface area contributed by atoms with Crippen LogP contribution in [0.2, 0.25) is 0 Å². The molecule has 4 heteroatoms. The van der Waals surface area contributed by atoms with Crippen LogP contribution in [-0.2, 0) is 6.42 Å². The number of ether oxygens (including phenoxy) is 1. The molecule has 0 saturated carbocycles. The largest absolute Gasteiger partial charge is 0.496 e. The Hall–Kier alpha value is -0.580. The van der Waals surface area contributed by atoms with E-state index in [2.05, 4.69) is 39.3 Å². The lowest BCUT2D eigenvalue weighted by molar-refractivity contribution is 0.198. The maximum Gasteiger partial charge on any atom is 0.122 e. The third-order valence-electron chi connectivity index (χ3n) is 3.34. The third kappa shape index (κ3) is 3.21. The summed E-state index contributed by atoms with van der Waals surface area (Å²) in [6.45, 7) is 3.25. The number of halogens is 1. The number of hydrogen-bond acceptors (Lipinski definition) is 3. The molecule has 1 aromatic carbocycles.